The first-order valence-corrected chi connectivity index (χ1v) is 12.2. The Balaban J connectivity index is 2.06. The SMILES string of the molecule is Cc1cc(C)cc(CSCC(=O)N(Cc2ccc(Cl)cc2)[C@@H](C)C(=O)NCC(C)C)c1. The number of carbonyl (C=O) groups is 2. The summed E-state index contributed by atoms with van der Waals surface area (Å²) < 4.78 is 0. The van der Waals surface area contributed by atoms with E-state index in [1.54, 1.807) is 35.7 Å². The van der Waals surface area contributed by atoms with Crippen LogP contribution >= 0.6 is 23.4 Å². The molecule has 0 saturated carbocycles. The molecular formula is C25H33ClN2O2S. The molecule has 1 atom stereocenters. The minimum Gasteiger partial charge on any atom is -0.354 e. The Kier molecular flexibility index (Phi) is 9.92. The maximum Gasteiger partial charge on any atom is 0.242 e. The molecule has 0 aliphatic heterocycles. The second-order valence-corrected chi connectivity index (χ2v) is 9.87. The van der Waals surface area contributed by atoms with Crippen LogP contribution in [-0.4, -0.2) is 35.1 Å². The van der Waals surface area contributed by atoms with E-state index in [0.717, 1.165) is 11.3 Å². The molecule has 31 heavy (non-hydrogen) atoms. The van der Waals surface area contributed by atoms with Crippen molar-refractivity contribution < 1.29 is 9.59 Å². The first-order chi connectivity index (χ1) is 14.7. The number of carbonyl (C=O) groups excluding carboxylic acids is 2. The molecule has 2 rings (SSSR count). The third-order valence-corrected chi connectivity index (χ3v) is 6.13. The summed E-state index contributed by atoms with van der Waals surface area (Å²) in [5, 5.41) is 3.59. The highest BCUT2D eigenvalue weighted by molar-refractivity contribution is 7.99. The van der Waals surface area contributed by atoms with Crippen LogP contribution in [0.5, 0.6) is 0 Å². The van der Waals surface area contributed by atoms with E-state index in [4.69, 9.17) is 11.6 Å². The number of nitrogens with zero attached hydrogens (tertiary/aromatic N) is 1. The van der Waals surface area contributed by atoms with Crippen molar-refractivity contribution in [3.05, 3.63) is 69.7 Å². The number of thioether (sulfide) groups is 1. The molecule has 2 amide bonds. The molecule has 4 nitrogen and oxygen atoms in total. The van der Waals surface area contributed by atoms with E-state index in [1.807, 2.05) is 26.0 Å². The average molecular weight is 461 g/mol. The van der Waals surface area contributed by atoms with Gasteiger partial charge < -0.3 is 10.2 Å². The van der Waals surface area contributed by atoms with Gasteiger partial charge in [-0.05, 0) is 49.9 Å². The average Bonchev–Trinajstić information content (AvgIpc) is 2.70. The first kappa shape index (κ1) is 25.3. The van der Waals surface area contributed by atoms with Crippen molar-refractivity contribution in [2.75, 3.05) is 12.3 Å². The Morgan fingerprint density at radius 1 is 1.00 bits per heavy atom. The highest BCUT2D eigenvalue weighted by atomic mass is 35.5. The summed E-state index contributed by atoms with van der Waals surface area (Å²) in [6.45, 7) is 11.0. The fourth-order valence-corrected chi connectivity index (χ4v) is 4.28. The van der Waals surface area contributed by atoms with E-state index in [-0.39, 0.29) is 11.8 Å². The van der Waals surface area contributed by atoms with Gasteiger partial charge in [-0.2, -0.15) is 0 Å². The maximum atomic E-state index is 13.1. The largest absolute Gasteiger partial charge is 0.354 e. The highest BCUT2D eigenvalue weighted by Crippen LogP contribution is 2.19. The van der Waals surface area contributed by atoms with Crippen molar-refractivity contribution >= 4 is 35.2 Å². The number of rotatable bonds is 10. The quantitative estimate of drug-likeness (QED) is 0.517. The second kappa shape index (κ2) is 12.2. The van der Waals surface area contributed by atoms with Gasteiger partial charge in [-0.1, -0.05) is 66.9 Å². The molecule has 6 heteroatoms. The molecule has 1 N–H and O–H groups in total. The van der Waals surface area contributed by atoms with Crippen molar-refractivity contribution in [1.82, 2.24) is 10.2 Å². The van der Waals surface area contributed by atoms with Gasteiger partial charge in [0.05, 0.1) is 5.75 Å². The standard InChI is InChI=1S/C25H33ClN2O2S/c1-17(2)13-27-25(30)20(5)28(14-21-6-8-23(26)9-7-21)24(29)16-31-15-22-11-18(3)10-19(4)12-22/h6-12,17,20H,13-16H2,1-5H3,(H,27,30)/t20-/m0/s1. The van der Waals surface area contributed by atoms with Crippen molar-refractivity contribution in [2.24, 2.45) is 5.92 Å². The Morgan fingerprint density at radius 2 is 1.61 bits per heavy atom. The van der Waals surface area contributed by atoms with E-state index in [0.29, 0.717) is 29.8 Å². The molecule has 0 bridgehead atoms. The smallest absolute Gasteiger partial charge is 0.242 e. The Labute approximate surface area is 195 Å². The van der Waals surface area contributed by atoms with Crippen LogP contribution in [0.15, 0.2) is 42.5 Å². The summed E-state index contributed by atoms with van der Waals surface area (Å²) in [4.78, 5) is 27.5. The zero-order valence-electron chi connectivity index (χ0n) is 19.1. The minimum atomic E-state index is -0.552. The van der Waals surface area contributed by atoms with E-state index in [9.17, 15) is 9.59 Å². The lowest BCUT2D eigenvalue weighted by atomic mass is 10.1. The first-order valence-electron chi connectivity index (χ1n) is 10.6. The van der Waals surface area contributed by atoms with Crippen molar-refractivity contribution in [2.45, 2.75) is 53.0 Å². The molecule has 168 valence electrons. The second-order valence-electron chi connectivity index (χ2n) is 8.45. The molecule has 0 aromatic heterocycles. The van der Waals surface area contributed by atoms with Crippen LogP contribution in [0, 0.1) is 19.8 Å². The Hall–Kier alpha value is -1.98. The topological polar surface area (TPSA) is 49.4 Å². The van der Waals surface area contributed by atoms with Gasteiger partial charge in [-0.15, -0.1) is 11.8 Å². The van der Waals surface area contributed by atoms with E-state index < -0.39 is 6.04 Å². The van der Waals surface area contributed by atoms with Gasteiger partial charge in [0, 0.05) is 23.9 Å². The van der Waals surface area contributed by atoms with Crippen LogP contribution in [0.3, 0.4) is 0 Å². The van der Waals surface area contributed by atoms with Crippen LogP contribution < -0.4 is 5.32 Å². The molecule has 2 aromatic carbocycles. The number of nitrogens with one attached hydrogen (secondary N) is 1. The maximum absolute atomic E-state index is 13.1. The summed E-state index contributed by atoms with van der Waals surface area (Å²) in [5.41, 5.74) is 4.60. The van der Waals surface area contributed by atoms with Crippen molar-refractivity contribution in [3.63, 3.8) is 0 Å². The van der Waals surface area contributed by atoms with Crippen LogP contribution in [0.1, 0.15) is 43.0 Å². The van der Waals surface area contributed by atoms with Gasteiger partial charge >= 0.3 is 0 Å². The number of halogens is 1. The van der Waals surface area contributed by atoms with Crippen LogP contribution in [0.25, 0.3) is 0 Å². The number of hydrogen-bond acceptors (Lipinski definition) is 3. The molecule has 0 saturated heterocycles. The molecule has 0 heterocycles. The monoisotopic (exact) mass is 460 g/mol. The third-order valence-electron chi connectivity index (χ3n) is 4.89. The van der Waals surface area contributed by atoms with Crippen LogP contribution in [0.4, 0.5) is 0 Å². The lowest BCUT2D eigenvalue weighted by Gasteiger charge is -2.29. The zero-order chi connectivity index (χ0) is 23.0. The summed E-state index contributed by atoms with van der Waals surface area (Å²) in [6.07, 6.45) is 0. The van der Waals surface area contributed by atoms with Crippen LogP contribution in [0.2, 0.25) is 5.02 Å². The molecule has 0 aliphatic rings. The van der Waals surface area contributed by atoms with E-state index >= 15 is 0 Å². The summed E-state index contributed by atoms with van der Waals surface area (Å²) in [5.74, 6) is 1.26. The fraction of sp³-hybridized carbons (Fsp3) is 0.440. The molecular weight excluding hydrogens is 428 g/mol. The van der Waals surface area contributed by atoms with Crippen LogP contribution in [-0.2, 0) is 21.9 Å². The Bertz CT molecular complexity index is 863. The summed E-state index contributed by atoms with van der Waals surface area (Å²) in [6, 6.07) is 13.3. The Morgan fingerprint density at radius 3 is 2.19 bits per heavy atom. The molecule has 0 aliphatic carbocycles. The van der Waals surface area contributed by atoms with Gasteiger partial charge in [-0.3, -0.25) is 9.59 Å². The van der Waals surface area contributed by atoms with E-state index in [2.05, 4.69) is 37.4 Å². The van der Waals surface area contributed by atoms with Crippen molar-refractivity contribution in [3.8, 4) is 0 Å². The molecule has 0 fully saturated rings. The van der Waals surface area contributed by atoms with Gasteiger partial charge in [0.2, 0.25) is 11.8 Å². The minimum absolute atomic E-state index is 0.0449. The fourth-order valence-electron chi connectivity index (χ4n) is 3.31. The van der Waals surface area contributed by atoms with Gasteiger partial charge in [-0.25, -0.2) is 0 Å². The predicted octanol–water partition coefficient (Wildman–Crippen LogP) is 5.38. The summed E-state index contributed by atoms with van der Waals surface area (Å²) in [7, 11) is 0. The third kappa shape index (κ3) is 8.58. The van der Waals surface area contributed by atoms with Gasteiger partial charge in [0.1, 0.15) is 6.04 Å². The van der Waals surface area contributed by atoms with E-state index in [1.165, 1.54) is 16.7 Å². The molecule has 0 unspecified atom stereocenters. The number of aryl methyl sites for hydroxylation is 2. The number of amides is 2. The molecule has 0 spiro atoms. The van der Waals surface area contributed by atoms with Gasteiger partial charge in [0.15, 0.2) is 0 Å². The lowest BCUT2D eigenvalue weighted by molar-refractivity contribution is -0.138. The predicted molar refractivity (Wildman–Crippen MR) is 131 cm³/mol. The van der Waals surface area contributed by atoms with Gasteiger partial charge in [0.25, 0.3) is 0 Å². The zero-order valence-corrected chi connectivity index (χ0v) is 20.6. The summed E-state index contributed by atoms with van der Waals surface area (Å²) >= 11 is 7.57. The lowest BCUT2D eigenvalue weighted by Crippen LogP contribution is -2.48. The number of benzene rings is 2. The number of hydrogen-bond donors (Lipinski definition) is 1. The van der Waals surface area contributed by atoms with Crippen molar-refractivity contribution in [1.29, 1.82) is 0 Å². The highest BCUT2D eigenvalue weighted by Gasteiger charge is 2.26. The normalized spacial score (nSPS) is 12.0. The molecule has 2 aromatic rings. The molecule has 0 radical (unpaired) electrons.